The first-order valence-corrected chi connectivity index (χ1v) is 9.74. The minimum atomic E-state index is -0.306. The van der Waals surface area contributed by atoms with Gasteiger partial charge in [-0.25, -0.2) is 0 Å². The minimum Gasteiger partial charge on any atom is -0.497 e. The molecule has 0 unspecified atom stereocenters. The molecule has 2 N–H and O–H groups in total. The molecule has 0 saturated carbocycles. The molecule has 154 valence electrons. The van der Waals surface area contributed by atoms with Crippen LogP contribution in [0.1, 0.15) is 29.6 Å². The van der Waals surface area contributed by atoms with Gasteiger partial charge >= 0.3 is 0 Å². The Morgan fingerprint density at radius 3 is 2.31 bits per heavy atom. The van der Waals surface area contributed by atoms with Crippen molar-refractivity contribution in [3.05, 3.63) is 48.0 Å². The van der Waals surface area contributed by atoms with Crippen molar-refractivity contribution in [3.8, 4) is 5.75 Å². The minimum absolute atomic E-state index is 0.0720. The van der Waals surface area contributed by atoms with Gasteiger partial charge in [-0.2, -0.15) is 0 Å². The predicted octanol–water partition coefficient (Wildman–Crippen LogP) is 3.52. The lowest BCUT2D eigenvalue weighted by Gasteiger charge is -2.28. The maximum Gasteiger partial charge on any atom is 0.255 e. The van der Waals surface area contributed by atoms with Crippen LogP contribution in [-0.4, -0.2) is 45.7 Å². The third kappa shape index (κ3) is 5.48. The number of rotatable bonds is 7. The molecule has 1 aliphatic heterocycles. The molecule has 2 amide bonds. The van der Waals surface area contributed by atoms with Crippen molar-refractivity contribution >= 4 is 28.9 Å². The van der Waals surface area contributed by atoms with E-state index in [9.17, 15) is 9.59 Å². The second-order valence-electron chi connectivity index (χ2n) is 6.94. The van der Waals surface area contributed by atoms with Crippen LogP contribution in [0.4, 0.5) is 17.1 Å². The van der Waals surface area contributed by atoms with Crippen molar-refractivity contribution in [2.24, 2.45) is 0 Å². The first-order valence-electron chi connectivity index (χ1n) is 9.74. The summed E-state index contributed by atoms with van der Waals surface area (Å²) in [7, 11) is 2.99. The fraction of sp³-hybridized carbons (Fsp3) is 0.364. The molecule has 29 heavy (non-hydrogen) atoms. The first-order chi connectivity index (χ1) is 14.1. The zero-order chi connectivity index (χ0) is 20.6. The van der Waals surface area contributed by atoms with Gasteiger partial charge in [0.15, 0.2) is 0 Å². The normalized spacial score (nSPS) is 13.7. The van der Waals surface area contributed by atoms with Crippen LogP contribution in [-0.2, 0) is 9.53 Å². The highest BCUT2D eigenvalue weighted by atomic mass is 16.5. The number of amides is 2. The molecule has 1 heterocycles. The summed E-state index contributed by atoms with van der Waals surface area (Å²) in [4.78, 5) is 27.0. The molecule has 7 heteroatoms. The lowest BCUT2D eigenvalue weighted by atomic mass is 10.1. The lowest BCUT2D eigenvalue weighted by molar-refractivity contribution is -0.119. The molecule has 3 rings (SSSR count). The summed E-state index contributed by atoms with van der Waals surface area (Å²) >= 11 is 0. The van der Waals surface area contributed by atoms with Gasteiger partial charge in [-0.3, -0.25) is 9.59 Å². The van der Waals surface area contributed by atoms with Gasteiger partial charge in [0, 0.05) is 37.5 Å². The molecule has 0 aliphatic carbocycles. The summed E-state index contributed by atoms with van der Waals surface area (Å²) in [6.45, 7) is 2.04. The first kappa shape index (κ1) is 20.7. The summed E-state index contributed by atoms with van der Waals surface area (Å²) in [5, 5.41) is 5.59. The monoisotopic (exact) mass is 397 g/mol. The van der Waals surface area contributed by atoms with E-state index in [1.165, 1.54) is 26.4 Å². The Morgan fingerprint density at radius 2 is 1.66 bits per heavy atom. The van der Waals surface area contributed by atoms with Crippen molar-refractivity contribution in [3.63, 3.8) is 0 Å². The molecule has 0 aromatic heterocycles. The van der Waals surface area contributed by atoms with Crippen molar-refractivity contribution in [1.29, 1.82) is 0 Å². The maximum absolute atomic E-state index is 12.8. The largest absolute Gasteiger partial charge is 0.497 e. The Kier molecular flexibility index (Phi) is 7.08. The average molecular weight is 397 g/mol. The number of carbonyl (C=O) groups is 2. The SMILES string of the molecule is COCC(=O)Nc1ccc(OC)cc1NC(=O)c1ccc(N2CCCCC2)cc1. The topological polar surface area (TPSA) is 79.9 Å². The van der Waals surface area contributed by atoms with E-state index in [1.807, 2.05) is 24.3 Å². The summed E-state index contributed by atoms with van der Waals surface area (Å²) in [5.74, 6) is 0.00947. The molecule has 7 nitrogen and oxygen atoms in total. The van der Waals surface area contributed by atoms with Crippen molar-refractivity contribution < 1.29 is 19.1 Å². The molecule has 0 spiro atoms. The molecule has 1 fully saturated rings. The number of carbonyl (C=O) groups excluding carboxylic acids is 2. The van der Waals surface area contributed by atoms with Crippen LogP contribution in [0.2, 0.25) is 0 Å². The molecule has 2 aromatic carbocycles. The predicted molar refractivity (Wildman–Crippen MR) is 114 cm³/mol. The molecular weight excluding hydrogens is 370 g/mol. The Bertz CT molecular complexity index is 846. The number of hydrogen-bond donors (Lipinski definition) is 2. The number of nitrogens with one attached hydrogen (secondary N) is 2. The lowest BCUT2D eigenvalue weighted by Crippen LogP contribution is -2.29. The standard InChI is InChI=1S/C22H27N3O4/c1-28-15-21(26)23-19-11-10-18(29-2)14-20(19)24-22(27)16-6-8-17(9-7-16)25-12-4-3-5-13-25/h6-11,14H,3-5,12-13,15H2,1-2H3,(H,23,26)(H,24,27). The smallest absolute Gasteiger partial charge is 0.255 e. The van der Waals surface area contributed by atoms with Crippen molar-refractivity contribution in [1.82, 2.24) is 0 Å². The van der Waals surface area contributed by atoms with E-state index in [-0.39, 0.29) is 18.4 Å². The number of piperidine rings is 1. The van der Waals surface area contributed by atoms with Gasteiger partial charge in [0.05, 0.1) is 18.5 Å². The maximum atomic E-state index is 12.8. The van der Waals surface area contributed by atoms with Gasteiger partial charge in [-0.15, -0.1) is 0 Å². The van der Waals surface area contributed by atoms with Crippen LogP contribution in [0.25, 0.3) is 0 Å². The van der Waals surface area contributed by atoms with E-state index in [0.717, 1.165) is 18.8 Å². The van der Waals surface area contributed by atoms with Crippen molar-refractivity contribution in [2.45, 2.75) is 19.3 Å². The van der Waals surface area contributed by atoms with Crippen molar-refractivity contribution in [2.75, 3.05) is 49.4 Å². The van der Waals surface area contributed by atoms with E-state index in [1.54, 1.807) is 25.3 Å². The molecule has 1 aliphatic rings. The fourth-order valence-electron chi connectivity index (χ4n) is 3.35. The van der Waals surface area contributed by atoms with Gasteiger partial charge in [-0.05, 0) is 55.7 Å². The van der Waals surface area contributed by atoms with Gasteiger partial charge in [0.25, 0.3) is 5.91 Å². The summed E-state index contributed by atoms with van der Waals surface area (Å²) < 4.78 is 10.1. The van der Waals surface area contributed by atoms with Crippen LogP contribution in [0, 0.1) is 0 Å². The van der Waals surface area contributed by atoms with E-state index >= 15 is 0 Å². The van der Waals surface area contributed by atoms with Gasteiger partial charge in [0.1, 0.15) is 12.4 Å². The van der Waals surface area contributed by atoms with E-state index in [2.05, 4.69) is 15.5 Å². The number of anilines is 3. The number of hydrogen-bond acceptors (Lipinski definition) is 5. The summed E-state index contributed by atoms with van der Waals surface area (Å²) in [6, 6.07) is 12.7. The van der Waals surface area contributed by atoms with Gasteiger partial charge in [-0.1, -0.05) is 0 Å². The summed E-state index contributed by atoms with van der Waals surface area (Å²) in [6.07, 6.45) is 3.69. The zero-order valence-corrected chi connectivity index (χ0v) is 16.9. The second kappa shape index (κ2) is 9.93. The van der Waals surface area contributed by atoms with Gasteiger partial charge in [0.2, 0.25) is 5.91 Å². The average Bonchev–Trinajstić information content (AvgIpc) is 2.76. The third-order valence-electron chi connectivity index (χ3n) is 4.88. The molecule has 2 aromatic rings. The Morgan fingerprint density at radius 1 is 0.931 bits per heavy atom. The number of benzene rings is 2. The third-order valence-corrected chi connectivity index (χ3v) is 4.88. The fourth-order valence-corrected chi connectivity index (χ4v) is 3.35. The zero-order valence-electron chi connectivity index (χ0n) is 16.9. The van der Waals surface area contributed by atoms with E-state index in [0.29, 0.717) is 22.7 Å². The summed E-state index contributed by atoms with van der Waals surface area (Å²) in [5.41, 5.74) is 2.61. The number of nitrogens with zero attached hydrogens (tertiary/aromatic N) is 1. The number of ether oxygens (including phenoxy) is 2. The van der Waals surface area contributed by atoms with E-state index < -0.39 is 0 Å². The van der Waals surface area contributed by atoms with Crippen LogP contribution < -0.4 is 20.3 Å². The Labute approximate surface area is 171 Å². The molecule has 0 atom stereocenters. The highest BCUT2D eigenvalue weighted by Gasteiger charge is 2.14. The molecular formula is C22H27N3O4. The molecule has 1 saturated heterocycles. The Balaban J connectivity index is 1.74. The van der Waals surface area contributed by atoms with Gasteiger partial charge < -0.3 is 25.0 Å². The highest BCUT2D eigenvalue weighted by molar-refractivity contribution is 6.07. The molecule has 0 radical (unpaired) electrons. The second-order valence-corrected chi connectivity index (χ2v) is 6.94. The Hall–Kier alpha value is -3.06. The number of methoxy groups -OCH3 is 2. The highest BCUT2D eigenvalue weighted by Crippen LogP contribution is 2.28. The molecule has 0 bridgehead atoms. The van der Waals surface area contributed by atoms with Crippen LogP contribution in [0.3, 0.4) is 0 Å². The van der Waals surface area contributed by atoms with Crippen LogP contribution >= 0.6 is 0 Å². The van der Waals surface area contributed by atoms with Crippen LogP contribution in [0.15, 0.2) is 42.5 Å². The van der Waals surface area contributed by atoms with Crippen LogP contribution in [0.5, 0.6) is 5.75 Å². The quantitative estimate of drug-likeness (QED) is 0.747. The van der Waals surface area contributed by atoms with E-state index in [4.69, 9.17) is 9.47 Å².